The second kappa shape index (κ2) is 22.2. The summed E-state index contributed by atoms with van der Waals surface area (Å²) in [7, 11) is -16.4. The van der Waals surface area contributed by atoms with Crippen LogP contribution in [0.1, 0.15) is 51.3 Å². The lowest BCUT2D eigenvalue weighted by molar-refractivity contribution is -0.137. The molecule has 0 spiro atoms. The fourth-order valence-corrected chi connectivity index (χ4v) is 10.1. The number of ketones is 1. The fourth-order valence-electron chi connectivity index (χ4n) is 6.43. The number of aliphatic hydroxyl groups is 2. The van der Waals surface area contributed by atoms with Gasteiger partial charge in [-0.05, 0) is 24.5 Å². The molecule has 0 saturated carbocycles. The molecule has 1 saturated heterocycles. The molecule has 7 atom stereocenters. The molecule has 3 unspecified atom stereocenters. The number of fused-ring (bicyclic) bond motifs is 2. The molecule has 354 valence electrons. The van der Waals surface area contributed by atoms with Gasteiger partial charge < -0.3 is 55.9 Å². The van der Waals surface area contributed by atoms with E-state index in [0.29, 0.717) is 30.9 Å². The number of amides is 2. The normalized spacial score (nSPS) is 20.5. The van der Waals surface area contributed by atoms with Crippen LogP contribution in [0.5, 0.6) is 0 Å². The highest BCUT2D eigenvalue weighted by Crippen LogP contribution is 2.61. The Morgan fingerprint density at radius 1 is 1.00 bits per heavy atom. The number of nitrogens with two attached hydrogens (primary N) is 1. The molecule has 0 aliphatic carbocycles. The number of carbonyl (C=O) groups excluding carboxylic acids is 3. The summed E-state index contributed by atoms with van der Waals surface area (Å²) in [4.78, 5) is 91.6. The lowest BCUT2D eigenvalue weighted by Gasteiger charge is -2.30. The van der Waals surface area contributed by atoms with Gasteiger partial charge in [0.2, 0.25) is 11.8 Å². The van der Waals surface area contributed by atoms with Gasteiger partial charge in [-0.25, -0.2) is 28.6 Å². The summed E-state index contributed by atoms with van der Waals surface area (Å²) in [6.45, 7) is 0.673. The maximum absolute atomic E-state index is 12.7. The van der Waals surface area contributed by atoms with Crippen LogP contribution in [0.2, 0.25) is 0 Å². The van der Waals surface area contributed by atoms with E-state index in [-0.39, 0.29) is 41.6 Å². The van der Waals surface area contributed by atoms with Crippen molar-refractivity contribution >= 4 is 80.7 Å². The third kappa shape index (κ3) is 14.7. The van der Waals surface area contributed by atoms with Crippen LogP contribution in [-0.2, 0) is 57.1 Å². The predicted octanol–water partition coefficient (Wildman–Crippen LogP) is 1.60. The number of hydrogen-bond acceptors (Lipinski definition) is 18. The molecule has 1 aliphatic heterocycles. The van der Waals surface area contributed by atoms with Gasteiger partial charge in [0.15, 0.2) is 17.7 Å². The number of aromatic nitrogens is 5. The summed E-state index contributed by atoms with van der Waals surface area (Å²) in [5.74, 6) is -0.0310. The highest BCUT2D eigenvalue weighted by atomic mass is 32.2. The van der Waals surface area contributed by atoms with Crippen LogP contribution in [0.15, 0.2) is 43.1 Å². The van der Waals surface area contributed by atoms with Gasteiger partial charge in [0.05, 0.1) is 19.5 Å². The third-order valence-corrected chi connectivity index (χ3v) is 13.8. The van der Waals surface area contributed by atoms with Gasteiger partial charge in [-0.2, -0.15) is 16.1 Å². The fraction of sp³-hybridized carbons (Fsp3) is 0.543. The first-order valence-corrected chi connectivity index (χ1v) is 25.3. The predicted molar refractivity (Wildman–Crippen MR) is 228 cm³/mol. The first-order valence-electron chi connectivity index (χ1n) is 19.6. The topological polar surface area (TPSA) is 379 Å². The van der Waals surface area contributed by atoms with E-state index in [9.17, 15) is 57.9 Å². The van der Waals surface area contributed by atoms with E-state index in [1.807, 2.05) is 24.4 Å². The van der Waals surface area contributed by atoms with Crippen molar-refractivity contribution in [1.82, 2.24) is 35.1 Å². The Morgan fingerprint density at radius 2 is 1.73 bits per heavy atom. The average Bonchev–Trinajstić information content (AvgIpc) is 3.92. The van der Waals surface area contributed by atoms with E-state index >= 15 is 0 Å². The Bertz CT molecular complexity index is 2400. The number of phosphoric ester groups is 3. The number of ether oxygens (including phenoxy) is 1. The summed E-state index contributed by atoms with van der Waals surface area (Å²) in [6, 6.07) is 8.01. The minimum atomic E-state index is -5.58. The van der Waals surface area contributed by atoms with Gasteiger partial charge >= 0.3 is 23.5 Å². The molecule has 5 rings (SSSR count). The largest absolute Gasteiger partial charge is 0.481 e. The van der Waals surface area contributed by atoms with E-state index in [1.165, 1.54) is 31.2 Å². The SMILES string of the molecule is CC(C)(COP(=O)(O)OP(=O)(O)OC[C@H]1OC(n2cnc3c(N)ncnc32)[C@@H](O)[C@@H]1OP(=O)(O)O)[C@@H](O)C(=O)NCCC(=O)NCCSCCC(=O)CCCc1c[nH]c2ccccc12. The smallest absolute Gasteiger partial charge is 0.386 e. The van der Waals surface area contributed by atoms with Crippen LogP contribution in [0.25, 0.3) is 22.1 Å². The number of hydrogen-bond donors (Lipinski definition) is 10. The molecular formula is C35H51N8O17P3S. The second-order valence-corrected chi connectivity index (χ2v) is 20.6. The molecule has 0 bridgehead atoms. The van der Waals surface area contributed by atoms with Gasteiger partial charge in [0.25, 0.3) is 0 Å². The van der Waals surface area contributed by atoms with E-state index in [0.717, 1.165) is 41.0 Å². The van der Waals surface area contributed by atoms with Gasteiger partial charge in [-0.15, -0.1) is 0 Å². The molecule has 29 heteroatoms. The number of imidazole rings is 1. The number of nitrogens with one attached hydrogen (secondary N) is 3. The number of aryl methyl sites for hydroxylation is 1. The number of rotatable bonds is 26. The maximum Gasteiger partial charge on any atom is 0.481 e. The summed E-state index contributed by atoms with van der Waals surface area (Å²) in [5, 5.41) is 27.8. The zero-order valence-electron chi connectivity index (χ0n) is 34.5. The Morgan fingerprint density at radius 3 is 2.48 bits per heavy atom. The molecule has 0 radical (unpaired) electrons. The minimum Gasteiger partial charge on any atom is -0.386 e. The number of phosphoric acid groups is 3. The van der Waals surface area contributed by atoms with Crippen molar-refractivity contribution in [3.05, 3.63) is 48.7 Å². The number of H-pyrrole nitrogens is 1. The van der Waals surface area contributed by atoms with Crippen LogP contribution in [-0.4, -0.2) is 134 Å². The number of benzene rings is 1. The van der Waals surface area contributed by atoms with Crippen molar-refractivity contribution in [1.29, 1.82) is 0 Å². The zero-order valence-corrected chi connectivity index (χ0v) is 38.0. The van der Waals surface area contributed by atoms with Gasteiger partial charge in [0, 0.05) is 66.4 Å². The number of nitrogens with zero attached hydrogens (tertiary/aromatic N) is 4. The number of nitrogen functional groups attached to an aromatic ring is 1. The number of carbonyl (C=O) groups is 3. The Kier molecular flexibility index (Phi) is 17.8. The molecule has 4 aromatic rings. The first kappa shape index (κ1) is 51.3. The van der Waals surface area contributed by atoms with E-state index in [1.54, 1.807) is 0 Å². The summed E-state index contributed by atoms with van der Waals surface area (Å²) < 4.78 is 62.4. The quantitative estimate of drug-likeness (QED) is 0.0315. The molecule has 3 aromatic heterocycles. The molecule has 1 aromatic carbocycles. The lowest BCUT2D eigenvalue weighted by Crippen LogP contribution is -2.46. The van der Waals surface area contributed by atoms with Crippen molar-refractivity contribution < 1.29 is 80.5 Å². The molecule has 2 amide bonds. The van der Waals surface area contributed by atoms with E-state index < -0.39 is 78.6 Å². The summed E-state index contributed by atoms with van der Waals surface area (Å²) >= 11 is 1.52. The number of aliphatic hydroxyl groups excluding tert-OH is 2. The number of aromatic amines is 1. The molecule has 64 heavy (non-hydrogen) atoms. The van der Waals surface area contributed by atoms with Gasteiger partial charge in [-0.3, -0.25) is 32.5 Å². The zero-order chi connectivity index (χ0) is 46.9. The molecule has 11 N–H and O–H groups in total. The summed E-state index contributed by atoms with van der Waals surface area (Å²) in [5.41, 5.74) is 6.53. The van der Waals surface area contributed by atoms with Crippen molar-refractivity contribution in [2.24, 2.45) is 5.41 Å². The van der Waals surface area contributed by atoms with Crippen molar-refractivity contribution in [3.8, 4) is 0 Å². The van der Waals surface area contributed by atoms with Crippen LogP contribution in [0.3, 0.4) is 0 Å². The second-order valence-electron chi connectivity index (χ2n) is 15.2. The van der Waals surface area contributed by atoms with Gasteiger partial charge in [0.1, 0.15) is 42.0 Å². The Hall–Kier alpha value is -3.68. The van der Waals surface area contributed by atoms with Crippen LogP contribution in [0, 0.1) is 5.41 Å². The van der Waals surface area contributed by atoms with Crippen LogP contribution >= 0.6 is 35.2 Å². The molecule has 1 fully saturated rings. The van der Waals surface area contributed by atoms with Crippen LogP contribution < -0.4 is 16.4 Å². The number of Topliss-reactive ketones (excluding diaryl/α,β-unsaturated/α-hetero) is 1. The standard InChI is InChI=1S/C35H51N8O17P3S/c1-35(2,30(47)33(48)38-12-10-26(45)37-13-15-64-14-11-22(44)7-5-6-21-16-39-24-9-4-3-8-23(21)24)18-57-63(54,55)60-62(52,53)56-17-25-29(59-61(49,50)51)28(46)34(58-25)43-20-42-27-31(36)40-19-41-32(27)43/h3-4,8-9,16,19-20,25,28-30,34,39,46-47H,5-7,10-15,17-18H2,1-2H3,(H,37,45)(H,38,48)(H,52,53)(H,54,55)(H2,36,40,41)(H2,49,50,51)/t25-,28+,29-,30+,34?/m1/s1. The van der Waals surface area contributed by atoms with Crippen molar-refractivity contribution in [2.75, 3.05) is 43.5 Å². The maximum atomic E-state index is 12.7. The molecular weight excluding hydrogens is 929 g/mol. The van der Waals surface area contributed by atoms with Crippen molar-refractivity contribution in [3.63, 3.8) is 0 Å². The minimum absolute atomic E-state index is 0.0315. The average molecular weight is 981 g/mol. The number of para-hydroxylation sites is 1. The number of thioether (sulfide) groups is 1. The third-order valence-electron chi connectivity index (χ3n) is 9.75. The van der Waals surface area contributed by atoms with E-state index in [2.05, 4.69) is 45.5 Å². The molecule has 1 aliphatic rings. The lowest BCUT2D eigenvalue weighted by atomic mass is 9.87. The molecule has 25 nitrogen and oxygen atoms in total. The highest BCUT2D eigenvalue weighted by molar-refractivity contribution is 7.99. The Labute approximate surface area is 369 Å². The van der Waals surface area contributed by atoms with Crippen LogP contribution in [0.4, 0.5) is 5.82 Å². The van der Waals surface area contributed by atoms with E-state index in [4.69, 9.17) is 19.5 Å². The monoisotopic (exact) mass is 980 g/mol. The van der Waals surface area contributed by atoms with Crippen molar-refractivity contribution in [2.45, 2.75) is 76.6 Å². The summed E-state index contributed by atoms with van der Waals surface area (Å²) in [6.07, 6.45) is -2.42. The Balaban J connectivity index is 0.973. The molecule has 4 heterocycles. The van der Waals surface area contributed by atoms with Gasteiger partial charge in [-0.1, -0.05) is 32.0 Å². The first-order chi connectivity index (χ1) is 30.1. The number of anilines is 1. The highest BCUT2D eigenvalue weighted by Gasteiger charge is 2.50.